The summed E-state index contributed by atoms with van der Waals surface area (Å²) in [5.41, 5.74) is 3.04. The van der Waals surface area contributed by atoms with Gasteiger partial charge in [0.25, 0.3) is 5.56 Å². The second-order valence-electron chi connectivity index (χ2n) is 9.23. The summed E-state index contributed by atoms with van der Waals surface area (Å²) >= 11 is 3.48. The predicted octanol–water partition coefficient (Wildman–Crippen LogP) is 7.63. The van der Waals surface area contributed by atoms with E-state index >= 15 is 0 Å². The van der Waals surface area contributed by atoms with Crippen molar-refractivity contribution in [2.24, 2.45) is 0 Å². The number of aryl methyl sites for hydroxylation is 1. The first kappa shape index (κ1) is 26.6. The van der Waals surface area contributed by atoms with Crippen molar-refractivity contribution >= 4 is 38.6 Å². The number of fused-ring (bicyclic) bond motifs is 1. The predicted molar refractivity (Wildman–Crippen MR) is 155 cm³/mol. The van der Waals surface area contributed by atoms with E-state index in [0.717, 1.165) is 35.0 Å². The van der Waals surface area contributed by atoms with E-state index in [1.54, 1.807) is 10.6 Å². The van der Waals surface area contributed by atoms with Crippen LogP contribution in [-0.4, -0.2) is 27.0 Å². The fourth-order valence-corrected chi connectivity index (χ4v) is 4.95. The lowest BCUT2D eigenvalue weighted by Gasteiger charge is -2.32. The summed E-state index contributed by atoms with van der Waals surface area (Å²) in [5.74, 6) is 0.566. The number of halogens is 1. The molecule has 6 nitrogen and oxygen atoms in total. The summed E-state index contributed by atoms with van der Waals surface area (Å²) in [4.78, 5) is 34.4. The van der Waals surface area contributed by atoms with Crippen molar-refractivity contribution in [3.8, 4) is 5.69 Å². The standard InChI is InChI=1S/C30H33BrN4O2/c1-4-6-9-19-34(30(37)32-23-12-10-11-22(31)20-23)27(5-2)28-33-26-14-8-7-13-25(26)29(36)35(28)24-17-15-21(3)16-18-24/h7-8,10-18,20,27H,4-6,9,19H2,1-3H3,(H,32,37). The molecule has 0 saturated carbocycles. The van der Waals surface area contributed by atoms with Crippen LogP contribution in [0.3, 0.4) is 0 Å². The van der Waals surface area contributed by atoms with Crippen molar-refractivity contribution < 1.29 is 4.79 Å². The minimum atomic E-state index is -0.400. The van der Waals surface area contributed by atoms with E-state index in [4.69, 9.17) is 4.98 Å². The molecule has 0 radical (unpaired) electrons. The number of unbranched alkanes of at least 4 members (excludes halogenated alkanes) is 2. The molecule has 0 aliphatic heterocycles. The minimum absolute atomic E-state index is 0.135. The highest BCUT2D eigenvalue weighted by Crippen LogP contribution is 2.28. The first-order chi connectivity index (χ1) is 17.9. The van der Waals surface area contributed by atoms with Crippen LogP contribution in [0.25, 0.3) is 16.6 Å². The first-order valence-electron chi connectivity index (χ1n) is 12.8. The van der Waals surface area contributed by atoms with Gasteiger partial charge in [-0.25, -0.2) is 9.78 Å². The lowest BCUT2D eigenvalue weighted by atomic mass is 10.1. The highest BCUT2D eigenvalue weighted by molar-refractivity contribution is 9.10. The monoisotopic (exact) mass is 560 g/mol. The molecule has 37 heavy (non-hydrogen) atoms. The number of rotatable bonds is 9. The normalized spacial score (nSPS) is 11.9. The summed E-state index contributed by atoms with van der Waals surface area (Å²) in [5, 5.41) is 3.61. The second-order valence-corrected chi connectivity index (χ2v) is 10.1. The third-order valence-corrected chi connectivity index (χ3v) is 6.99. The molecule has 0 aliphatic rings. The number of aromatic nitrogens is 2. The molecule has 1 aromatic heterocycles. The van der Waals surface area contributed by atoms with Gasteiger partial charge in [0.15, 0.2) is 0 Å². The first-order valence-corrected chi connectivity index (χ1v) is 13.6. The van der Waals surface area contributed by atoms with Crippen LogP contribution in [0.2, 0.25) is 0 Å². The van der Waals surface area contributed by atoms with Gasteiger partial charge in [-0.3, -0.25) is 9.36 Å². The van der Waals surface area contributed by atoms with Crippen LogP contribution >= 0.6 is 15.9 Å². The molecular weight excluding hydrogens is 528 g/mol. The van der Waals surface area contributed by atoms with Gasteiger partial charge in [-0.15, -0.1) is 0 Å². The van der Waals surface area contributed by atoms with Crippen molar-refractivity contribution in [3.05, 3.63) is 99.0 Å². The van der Waals surface area contributed by atoms with Gasteiger partial charge in [0, 0.05) is 16.7 Å². The lowest BCUT2D eigenvalue weighted by molar-refractivity contribution is 0.179. The number of hydrogen-bond acceptors (Lipinski definition) is 3. The zero-order valence-electron chi connectivity index (χ0n) is 21.6. The van der Waals surface area contributed by atoms with Gasteiger partial charge in [-0.05, 0) is 62.2 Å². The smallest absolute Gasteiger partial charge is 0.314 e. The van der Waals surface area contributed by atoms with Crippen LogP contribution < -0.4 is 10.9 Å². The van der Waals surface area contributed by atoms with E-state index in [-0.39, 0.29) is 11.6 Å². The number of nitrogens with one attached hydrogen (secondary N) is 1. The van der Waals surface area contributed by atoms with Crippen LogP contribution in [0.4, 0.5) is 10.5 Å². The highest BCUT2D eigenvalue weighted by Gasteiger charge is 2.29. The maximum absolute atomic E-state index is 13.8. The van der Waals surface area contributed by atoms with Crippen molar-refractivity contribution in [1.82, 2.24) is 14.5 Å². The van der Waals surface area contributed by atoms with Crippen LogP contribution in [-0.2, 0) is 0 Å². The largest absolute Gasteiger partial charge is 0.322 e. The number of amides is 2. The van der Waals surface area contributed by atoms with Gasteiger partial charge in [0.1, 0.15) is 5.82 Å². The van der Waals surface area contributed by atoms with E-state index in [1.165, 1.54) is 0 Å². The summed E-state index contributed by atoms with van der Waals surface area (Å²) in [6, 6.07) is 22.2. The summed E-state index contributed by atoms with van der Waals surface area (Å²) < 4.78 is 2.56. The third kappa shape index (κ3) is 6.10. The quantitative estimate of drug-likeness (QED) is 0.214. The molecule has 0 saturated heterocycles. The molecule has 0 aliphatic carbocycles. The Morgan fingerprint density at radius 3 is 2.49 bits per heavy atom. The number of urea groups is 1. The number of carbonyl (C=O) groups excluding carboxylic acids is 1. The maximum Gasteiger partial charge on any atom is 0.322 e. The van der Waals surface area contributed by atoms with Crippen LogP contribution in [0.1, 0.15) is 57.0 Å². The highest BCUT2D eigenvalue weighted by atomic mass is 79.9. The number of benzene rings is 3. The van der Waals surface area contributed by atoms with Crippen LogP contribution in [0.5, 0.6) is 0 Å². The molecule has 192 valence electrons. The number of anilines is 1. The van der Waals surface area contributed by atoms with E-state index in [0.29, 0.717) is 35.4 Å². The average molecular weight is 562 g/mol. The molecule has 4 rings (SSSR count). The number of carbonyl (C=O) groups is 1. The summed E-state index contributed by atoms with van der Waals surface area (Å²) in [6.45, 7) is 6.75. The average Bonchev–Trinajstić information content (AvgIpc) is 2.89. The minimum Gasteiger partial charge on any atom is -0.314 e. The summed E-state index contributed by atoms with van der Waals surface area (Å²) in [7, 11) is 0. The molecule has 1 heterocycles. The molecule has 3 aromatic carbocycles. The molecule has 2 amide bonds. The Labute approximate surface area is 226 Å². The van der Waals surface area contributed by atoms with E-state index < -0.39 is 6.04 Å². The van der Waals surface area contributed by atoms with Crippen LogP contribution in [0.15, 0.2) is 82.1 Å². The Morgan fingerprint density at radius 1 is 1.03 bits per heavy atom. The molecule has 1 unspecified atom stereocenters. The van der Waals surface area contributed by atoms with Gasteiger partial charge in [0.2, 0.25) is 0 Å². The third-order valence-electron chi connectivity index (χ3n) is 6.49. The van der Waals surface area contributed by atoms with Gasteiger partial charge < -0.3 is 10.2 Å². The van der Waals surface area contributed by atoms with E-state index in [9.17, 15) is 9.59 Å². The van der Waals surface area contributed by atoms with E-state index in [2.05, 4.69) is 28.2 Å². The Balaban J connectivity index is 1.85. The van der Waals surface area contributed by atoms with Crippen LogP contribution in [0, 0.1) is 6.92 Å². The fourth-order valence-electron chi connectivity index (χ4n) is 4.55. The van der Waals surface area contributed by atoms with E-state index in [1.807, 2.05) is 85.5 Å². The van der Waals surface area contributed by atoms with Crippen molar-refractivity contribution in [3.63, 3.8) is 0 Å². The molecule has 0 spiro atoms. The molecule has 7 heteroatoms. The molecule has 1 atom stereocenters. The van der Waals surface area contributed by atoms with Crippen molar-refractivity contribution in [1.29, 1.82) is 0 Å². The zero-order valence-corrected chi connectivity index (χ0v) is 23.2. The van der Waals surface area contributed by atoms with Crippen molar-refractivity contribution in [2.45, 2.75) is 52.5 Å². The second kappa shape index (κ2) is 12.2. The van der Waals surface area contributed by atoms with Gasteiger partial charge >= 0.3 is 6.03 Å². The molecule has 1 N–H and O–H groups in total. The zero-order chi connectivity index (χ0) is 26.4. The van der Waals surface area contributed by atoms with Crippen molar-refractivity contribution in [2.75, 3.05) is 11.9 Å². The Morgan fingerprint density at radius 2 is 1.78 bits per heavy atom. The molecule has 0 bridgehead atoms. The number of hydrogen-bond donors (Lipinski definition) is 1. The Hall–Kier alpha value is -3.45. The lowest BCUT2D eigenvalue weighted by Crippen LogP contribution is -2.41. The summed E-state index contributed by atoms with van der Waals surface area (Å²) in [6.07, 6.45) is 3.52. The number of para-hydroxylation sites is 1. The van der Waals surface area contributed by atoms with Gasteiger partial charge in [-0.1, -0.05) is 78.5 Å². The molecule has 0 fully saturated rings. The molecular formula is C30H33BrN4O2. The number of nitrogens with zero attached hydrogens (tertiary/aromatic N) is 3. The SMILES string of the molecule is CCCCCN(C(=O)Nc1cccc(Br)c1)C(CC)c1nc2ccccc2c(=O)n1-c1ccc(C)cc1. The Bertz CT molecular complexity index is 1430. The Kier molecular flexibility index (Phi) is 8.77. The van der Waals surface area contributed by atoms with Gasteiger partial charge in [-0.2, -0.15) is 0 Å². The molecule has 4 aromatic rings. The maximum atomic E-state index is 13.8. The fraction of sp³-hybridized carbons (Fsp3) is 0.300. The van der Waals surface area contributed by atoms with Gasteiger partial charge in [0.05, 0.1) is 22.6 Å². The topological polar surface area (TPSA) is 67.2 Å².